The maximum atomic E-state index is 12.4. The molecule has 162 valence electrons. The van der Waals surface area contributed by atoms with Gasteiger partial charge in [0.05, 0.1) is 21.4 Å². The van der Waals surface area contributed by atoms with Crippen LogP contribution in [-0.2, 0) is 11.3 Å². The molecule has 1 aromatic heterocycles. The summed E-state index contributed by atoms with van der Waals surface area (Å²) in [7, 11) is 3.94. The van der Waals surface area contributed by atoms with Crippen LogP contribution in [0.15, 0.2) is 47.6 Å². The molecule has 1 amide bonds. The minimum Gasteiger partial charge on any atom is -0.378 e. The number of aromatic nitrogens is 3. The summed E-state index contributed by atoms with van der Waals surface area (Å²) in [4.78, 5) is 24.8. The van der Waals surface area contributed by atoms with E-state index >= 15 is 0 Å². The van der Waals surface area contributed by atoms with E-state index in [0.29, 0.717) is 11.7 Å². The fourth-order valence-electron chi connectivity index (χ4n) is 2.86. The lowest BCUT2D eigenvalue weighted by molar-refractivity contribution is -0.384. The molecule has 0 fully saturated rings. The first kappa shape index (κ1) is 22.6. The molecule has 31 heavy (non-hydrogen) atoms. The van der Waals surface area contributed by atoms with Crippen LogP contribution < -0.4 is 10.2 Å². The molecule has 1 N–H and O–H groups in total. The molecule has 11 heteroatoms. The molecule has 0 atom stereocenters. The molecule has 0 unspecified atom stereocenters. The molecule has 1 heterocycles. The van der Waals surface area contributed by atoms with Crippen molar-refractivity contribution >= 4 is 46.3 Å². The molecule has 0 saturated carbocycles. The summed E-state index contributed by atoms with van der Waals surface area (Å²) in [6.45, 7) is 2.62. The van der Waals surface area contributed by atoms with Crippen molar-refractivity contribution < 1.29 is 9.72 Å². The van der Waals surface area contributed by atoms with Gasteiger partial charge in [0.1, 0.15) is 0 Å². The minimum atomic E-state index is -0.544. The van der Waals surface area contributed by atoms with E-state index in [0.717, 1.165) is 17.1 Å². The third-order valence-electron chi connectivity index (χ3n) is 4.42. The SMILES string of the molecule is CCn1c(SCC(=O)Nc2cc([N+](=O)[O-])ccc2Cl)nnc1-c1cccc(N(C)C)c1. The predicted octanol–water partition coefficient (Wildman–Crippen LogP) is 4.32. The Morgan fingerprint density at radius 2 is 2.03 bits per heavy atom. The molecular weight excluding hydrogens is 440 g/mol. The summed E-state index contributed by atoms with van der Waals surface area (Å²) in [6, 6.07) is 11.9. The Morgan fingerprint density at radius 1 is 1.26 bits per heavy atom. The van der Waals surface area contributed by atoms with Crippen LogP contribution >= 0.6 is 23.4 Å². The molecule has 0 bridgehead atoms. The Balaban J connectivity index is 1.73. The minimum absolute atomic E-state index is 0.0505. The van der Waals surface area contributed by atoms with Crippen LogP contribution in [0.1, 0.15) is 6.92 Å². The molecule has 2 aromatic carbocycles. The number of thioether (sulfide) groups is 1. The van der Waals surface area contributed by atoms with Gasteiger partial charge in [-0.3, -0.25) is 14.9 Å². The summed E-state index contributed by atoms with van der Waals surface area (Å²) in [5, 5.41) is 22.9. The number of nitrogens with zero attached hydrogens (tertiary/aromatic N) is 5. The third kappa shape index (κ3) is 5.33. The Labute approximate surface area is 188 Å². The summed E-state index contributed by atoms with van der Waals surface area (Å²) in [5.41, 5.74) is 2.02. The number of nitrogens with one attached hydrogen (secondary N) is 1. The summed E-state index contributed by atoms with van der Waals surface area (Å²) < 4.78 is 1.94. The van der Waals surface area contributed by atoms with Gasteiger partial charge in [-0.25, -0.2) is 0 Å². The largest absolute Gasteiger partial charge is 0.378 e. The first-order chi connectivity index (χ1) is 14.8. The number of amides is 1. The van der Waals surface area contributed by atoms with Gasteiger partial charge in [0, 0.05) is 44.0 Å². The van der Waals surface area contributed by atoms with Crippen LogP contribution in [0.3, 0.4) is 0 Å². The van der Waals surface area contributed by atoms with E-state index in [1.54, 1.807) is 0 Å². The number of non-ortho nitro benzene ring substituents is 1. The summed E-state index contributed by atoms with van der Waals surface area (Å²) >= 11 is 7.27. The van der Waals surface area contributed by atoms with Gasteiger partial charge in [0.2, 0.25) is 5.91 Å². The molecule has 0 radical (unpaired) electrons. The fourth-order valence-corrected chi connectivity index (χ4v) is 3.82. The highest BCUT2D eigenvalue weighted by molar-refractivity contribution is 7.99. The lowest BCUT2D eigenvalue weighted by Crippen LogP contribution is -2.15. The van der Waals surface area contributed by atoms with Crippen LogP contribution in [0.5, 0.6) is 0 Å². The van der Waals surface area contributed by atoms with Gasteiger partial charge in [0.25, 0.3) is 5.69 Å². The average molecular weight is 461 g/mol. The molecule has 0 aliphatic rings. The fraction of sp³-hybridized carbons (Fsp3) is 0.250. The van der Waals surface area contributed by atoms with Crippen LogP contribution in [-0.4, -0.2) is 45.4 Å². The second-order valence-electron chi connectivity index (χ2n) is 6.75. The number of carbonyl (C=O) groups is 1. The van der Waals surface area contributed by atoms with Gasteiger partial charge in [-0.1, -0.05) is 35.5 Å². The highest BCUT2D eigenvalue weighted by Crippen LogP contribution is 2.28. The van der Waals surface area contributed by atoms with Gasteiger partial charge in [-0.15, -0.1) is 10.2 Å². The zero-order valence-corrected chi connectivity index (χ0v) is 18.8. The summed E-state index contributed by atoms with van der Waals surface area (Å²) in [6.07, 6.45) is 0. The number of rotatable bonds is 8. The second kappa shape index (κ2) is 9.80. The van der Waals surface area contributed by atoms with Crippen molar-refractivity contribution in [1.82, 2.24) is 14.8 Å². The predicted molar refractivity (Wildman–Crippen MR) is 123 cm³/mol. The van der Waals surface area contributed by atoms with Gasteiger partial charge < -0.3 is 14.8 Å². The van der Waals surface area contributed by atoms with Gasteiger partial charge >= 0.3 is 0 Å². The first-order valence-corrected chi connectivity index (χ1v) is 10.7. The monoisotopic (exact) mass is 460 g/mol. The molecular formula is C20H21ClN6O3S. The lowest BCUT2D eigenvalue weighted by Gasteiger charge is -2.14. The Hall–Kier alpha value is -3.11. The smallest absolute Gasteiger partial charge is 0.271 e. The molecule has 9 nitrogen and oxygen atoms in total. The molecule has 0 aliphatic heterocycles. The van der Waals surface area contributed by atoms with Crippen molar-refractivity contribution in [3.8, 4) is 11.4 Å². The number of hydrogen-bond acceptors (Lipinski definition) is 7. The van der Waals surface area contributed by atoms with Crippen molar-refractivity contribution in [2.45, 2.75) is 18.6 Å². The second-order valence-corrected chi connectivity index (χ2v) is 8.10. The number of carbonyl (C=O) groups excluding carboxylic acids is 1. The van der Waals surface area contributed by atoms with Crippen molar-refractivity contribution in [3.05, 3.63) is 57.6 Å². The van der Waals surface area contributed by atoms with E-state index < -0.39 is 4.92 Å². The van der Waals surface area contributed by atoms with Crippen LogP contribution in [0.2, 0.25) is 5.02 Å². The number of benzene rings is 2. The third-order valence-corrected chi connectivity index (χ3v) is 5.72. The zero-order chi connectivity index (χ0) is 22.5. The number of nitro groups is 1. The van der Waals surface area contributed by atoms with Crippen LogP contribution in [0, 0.1) is 10.1 Å². The van der Waals surface area contributed by atoms with Gasteiger partial charge in [0.15, 0.2) is 11.0 Å². The Bertz CT molecular complexity index is 1120. The van der Waals surface area contributed by atoms with E-state index in [2.05, 4.69) is 15.5 Å². The van der Waals surface area contributed by atoms with Gasteiger partial charge in [-0.2, -0.15) is 0 Å². The standard InChI is InChI=1S/C20H21ClN6O3S/c1-4-26-19(13-6-5-7-14(10-13)25(2)3)23-24-20(26)31-12-18(28)22-17-11-15(27(29)30)8-9-16(17)21/h5-11H,4,12H2,1-3H3,(H,22,28). The van der Waals surface area contributed by atoms with E-state index in [4.69, 9.17) is 11.6 Å². The lowest BCUT2D eigenvalue weighted by atomic mass is 10.2. The normalized spacial score (nSPS) is 10.7. The van der Waals surface area contributed by atoms with E-state index in [1.165, 1.54) is 30.0 Å². The van der Waals surface area contributed by atoms with Crippen molar-refractivity contribution in [1.29, 1.82) is 0 Å². The highest BCUT2D eigenvalue weighted by Gasteiger charge is 2.17. The molecule has 0 spiro atoms. The molecule has 3 aromatic rings. The van der Waals surface area contributed by atoms with E-state index in [9.17, 15) is 14.9 Å². The molecule has 0 aliphatic carbocycles. The van der Waals surface area contributed by atoms with Crippen molar-refractivity contribution in [2.24, 2.45) is 0 Å². The van der Waals surface area contributed by atoms with Crippen LogP contribution in [0.25, 0.3) is 11.4 Å². The highest BCUT2D eigenvalue weighted by atomic mass is 35.5. The average Bonchev–Trinajstić information content (AvgIpc) is 3.16. The topological polar surface area (TPSA) is 106 Å². The Kier molecular flexibility index (Phi) is 7.13. The van der Waals surface area contributed by atoms with Gasteiger partial charge in [-0.05, 0) is 25.1 Å². The number of anilines is 2. The van der Waals surface area contributed by atoms with E-state index in [-0.39, 0.29) is 28.1 Å². The maximum Gasteiger partial charge on any atom is 0.271 e. The van der Waals surface area contributed by atoms with Crippen molar-refractivity contribution in [2.75, 3.05) is 30.1 Å². The molecule has 0 saturated heterocycles. The summed E-state index contributed by atoms with van der Waals surface area (Å²) in [5.74, 6) is 0.416. The number of halogens is 1. The Morgan fingerprint density at radius 3 is 2.71 bits per heavy atom. The maximum absolute atomic E-state index is 12.4. The van der Waals surface area contributed by atoms with Crippen molar-refractivity contribution in [3.63, 3.8) is 0 Å². The molecule has 3 rings (SSSR count). The number of hydrogen-bond donors (Lipinski definition) is 1. The van der Waals surface area contributed by atoms with Crippen LogP contribution in [0.4, 0.5) is 17.1 Å². The zero-order valence-electron chi connectivity index (χ0n) is 17.2. The number of nitro benzene ring substituents is 1. The first-order valence-electron chi connectivity index (χ1n) is 9.37. The van der Waals surface area contributed by atoms with E-state index in [1.807, 2.05) is 54.8 Å². The quantitative estimate of drug-likeness (QED) is 0.303.